The van der Waals surface area contributed by atoms with E-state index in [1.54, 1.807) is 24.3 Å². The first-order chi connectivity index (χ1) is 7.68. The summed E-state index contributed by atoms with van der Waals surface area (Å²) in [4.78, 5) is 24.8. The van der Waals surface area contributed by atoms with E-state index in [1.807, 2.05) is 0 Å². The predicted molar refractivity (Wildman–Crippen MR) is 60.3 cm³/mol. The highest BCUT2D eigenvalue weighted by molar-refractivity contribution is 6.36. The van der Waals surface area contributed by atoms with Crippen molar-refractivity contribution in [3.8, 4) is 0 Å². The fraction of sp³-hybridized carbons (Fsp3) is 0.0909. The number of rotatable bonds is 0. The minimum atomic E-state index is -0.263. The van der Waals surface area contributed by atoms with Gasteiger partial charge in [0.25, 0.3) is 5.91 Å². The van der Waals surface area contributed by atoms with Crippen molar-refractivity contribution in [3.05, 3.63) is 35.0 Å². The van der Waals surface area contributed by atoms with E-state index in [1.165, 1.54) is 4.90 Å². The van der Waals surface area contributed by atoms with Gasteiger partial charge in [-0.25, -0.2) is 0 Å². The van der Waals surface area contributed by atoms with Gasteiger partial charge in [0.05, 0.1) is 16.4 Å². The van der Waals surface area contributed by atoms with Crippen LogP contribution in [0.3, 0.4) is 0 Å². The molecule has 4 nitrogen and oxygen atoms in total. The zero-order valence-electron chi connectivity index (χ0n) is 8.16. The van der Waals surface area contributed by atoms with Gasteiger partial charge in [0.1, 0.15) is 5.70 Å². The topological polar surface area (TPSA) is 49.4 Å². The number of fused-ring (bicyclic) bond motifs is 3. The highest BCUT2D eigenvalue weighted by Crippen LogP contribution is 2.41. The molecular formula is C11H7ClN2O2. The van der Waals surface area contributed by atoms with Crippen LogP contribution in [0.25, 0.3) is 0 Å². The molecule has 0 unspecified atom stereocenters. The fourth-order valence-electron chi connectivity index (χ4n) is 1.97. The number of benzene rings is 1. The number of hydrogen-bond donors (Lipinski definition) is 1. The standard InChI is InChI=1S/C11H7ClN2O2/c12-6-2-1-3-7-10(6)14-8(11(16)13-7)4-5-9(14)15/h1-4H,5H2,(H,13,16). The number of halogens is 1. The molecule has 2 heterocycles. The van der Waals surface area contributed by atoms with Crippen LogP contribution in [0.2, 0.25) is 5.02 Å². The molecule has 1 aromatic rings. The van der Waals surface area contributed by atoms with Crippen molar-refractivity contribution >= 4 is 34.8 Å². The van der Waals surface area contributed by atoms with Crippen LogP contribution in [-0.4, -0.2) is 11.8 Å². The van der Waals surface area contributed by atoms with Crippen molar-refractivity contribution in [3.63, 3.8) is 0 Å². The first-order valence-electron chi connectivity index (χ1n) is 4.81. The summed E-state index contributed by atoms with van der Waals surface area (Å²) in [6.07, 6.45) is 1.86. The number of carbonyl (C=O) groups excluding carboxylic acids is 2. The summed E-state index contributed by atoms with van der Waals surface area (Å²) in [6, 6.07) is 5.15. The molecule has 0 atom stereocenters. The van der Waals surface area contributed by atoms with Crippen molar-refractivity contribution in [1.29, 1.82) is 0 Å². The van der Waals surface area contributed by atoms with Crippen molar-refractivity contribution < 1.29 is 9.59 Å². The third-order valence-corrected chi connectivity index (χ3v) is 2.96. The summed E-state index contributed by atoms with van der Waals surface area (Å²) < 4.78 is 0. The highest BCUT2D eigenvalue weighted by atomic mass is 35.5. The molecule has 2 amide bonds. The average molecular weight is 235 g/mol. The van der Waals surface area contributed by atoms with E-state index in [4.69, 9.17) is 11.6 Å². The molecule has 5 heteroatoms. The van der Waals surface area contributed by atoms with Gasteiger partial charge >= 0.3 is 0 Å². The zero-order chi connectivity index (χ0) is 11.3. The number of nitrogens with zero attached hydrogens (tertiary/aromatic N) is 1. The van der Waals surface area contributed by atoms with Crippen molar-refractivity contribution in [2.75, 3.05) is 10.2 Å². The molecule has 0 bridgehead atoms. The molecule has 1 aromatic carbocycles. The lowest BCUT2D eigenvalue weighted by atomic mass is 10.2. The van der Waals surface area contributed by atoms with Gasteiger partial charge in [-0.05, 0) is 18.2 Å². The minimum absolute atomic E-state index is 0.126. The maximum atomic E-state index is 11.7. The molecule has 0 aromatic heterocycles. The molecule has 2 aliphatic heterocycles. The molecular weight excluding hydrogens is 228 g/mol. The largest absolute Gasteiger partial charge is 0.319 e. The summed E-state index contributed by atoms with van der Waals surface area (Å²) in [5.41, 5.74) is 1.51. The van der Waals surface area contributed by atoms with Gasteiger partial charge in [-0.2, -0.15) is 0 Å². The SMILES string of the molecule is O=C1Nc2cccc(Cl)c2N2C(=O)CC=C12. The monoisotopic (exact) mass is 234 g/mol. The summed E-state index contributed by atoms with van der Waals surface area (Å²) in [5, 5.41) is 3.16. The number of nitrogens with one attached hydrogen (secondary N) is 1. The molecule has 0 saturated carbocycles. The maximum absolute atomic E-state index is 11.7. The third-order valence-electron chi connectivity index (χ3n) is 2.65. The predicted octanol–water partition coefficient (Wildman–Crippen LogP) is 1.91. The Morgan fingerprint density at radius 2 is 2.12 bits per heavy atom. The first kappa shape index (κ1) is 9.42. The van der Waals surface area contributed by atoms with E-state index >= 15 is 0 Å². The van der Waals surface area contributed by atoms with Gasteiger partial charge in [0, 0.05) is 6.42 Å². The van der Waals surface area contributed by atoms with Gasteiger partial charge in [0.2, 0.25) is 5.91 Å². The third kappa shape index (κ3) is 1.10. The normalized spacial score (nSPS) is 17.8. The Balaban J connectivity index is 2.27. The van der Waals surface area contributed by atoms with Crippen LogP contribution in [-0.2, 0) is 9.59 Å². The minimum Gasteiger partial charge on any atom is -0.319 e. The van der Waals surface area contributed by atoms with Crippen LogP contribution in [0.5, 0.6) is 0 Å². The fourth-order valence-corrected chi connectivity index (χ4v) is 2.23. The lowest BCUT2D eigenvalue weighted by Gasteiger charge is -2.28. The second-order valence-corrected chi connectivity index (χ2v) is 4.02. The first-order valence-corrected chi connectivity index (χ1v) is 5.19. The maximum Gasteiger partial charge on any atom is 0.272 e. The number of amides is 2. The Hall–Kier alpha value is -1.81. The van der Waals surface area contributed by atoms with Crippen molar-refractivity contribution in [2.24, 2.45) is 0 Å². The smallest absolute Gasteiger partial charge is 0.272 e. The Morgan fingerprint density at radius 3 is 2.94 bits per heavy atom. The Morgan fingerprint density at radius 1 is 1.31 bits per heavy atom. The van der Waals surface area contributed by atoms with Gasteiger partial charge in [-0.3, -0.25) is 14.5 Å². The summed E-state index contributed by atoms with van der Waals surface area (Å²) >= 11 is 6.05. The van der Waals surface area contributed by atoms with E-state index in [2.05, 4.69) is 5.32 Å². The molecule has 1 N–H and O–H groups in total. The molecule has 0 fully saturated rings. The number of carbonyl (C=O) groups is 2. The number of para-hydroxylation sites is 1. The number of hydrogen-bond acceptors (Lipinski definition) is 2. The molecule has 0 saturated heterocycles. The van der Waals surface area contributed by atoms with E-state index in [0.717, 1.165) is 0 Å². The molecule has 0 radical (unpaired) electrons. The zero-order valence-corrected chi connectivity index (χ0v) is 8.91. The van der Waals surface area contributed by atoms with Crippen LogP contribution >= 0.6 is 11.6 Å². The summed E-state index contributed by atoms with van der Waals surface area (Å²) in [7, 11) is 0. The second-order valence-electron chi connectivity index (χ2n) is 3.61. The van der Waals surface area contributed by atoms with Crippen LogP contribution < -0.4 is 10.2 Å². The van der Waals surface area contributed by atoms with Crippen molar-refractivity contribution in [1.82, 2.24) is 0 Å². The molecule has 16 heavy (non-hydrogen) atoms. The van der Waals surface area contributed by atoms with E-state index in [0.29, 0.717) is 22.1 Å². The second kappa shape index (κ2) is 3.09. The molecule has 0 aliphatic carbocycles. The Bertz CT molecular complexity index is 551. The van der Waals surface area contributed by atoms with E-state index in [9.17, 15) is 9.59 Å². The van der Waals surface area contributed by atoms with Crippen molar-refractivity contribution in [2.45, 2.75) is 6.42 Å². The molecule has 3 rings (SSSR count). The lowest BCUT2D eigenvalue weighted by Crippen LogP contribution is -2.36. The molecule has 80 valence electrons. The Kier molecular flexibility index (Phi) is 1.82. The van der Waals surface area contributed by atoms with E-state index in [-0.39, 0.29) is 18.2 Å². The van der Waals surface area contributed by atoms with Gasteiger partial charge in [-0.15, -0.1) is 0 Å². The van der Waals surface area contributed by atoms with Gasteiger partial charge in [0.15, 0.2) is 0 Å². The van der Waals surface area contributed by atoms with Crippen LogP contribution in [0.15, 0.2) is 30.0 Å². The lowest BCUT2D eigenvalue weighted by molar-refractivity contribution is -0.118. The quantitative estimate of drug-likeness (QED) is 0.746. The Labute approximate surface area is 96.5 Å². The number of anilines is 2. The summed E-state index contributed by atoms with van der Waals surface area (Å²) in [5.74, 6) is -0.389. The molecule has 2 aliphatic rings. The van der Waals surface area contributed by atoms with Crippen LogP contribution in [0.1, 0.15) is 6.42 Å². The average Bonchev–Trinajstić information content (AvgIpc) is 2.62. The summed E-state index contributed by atoms with van der Waals surface area (Å²) in [6.45, 7) is 0. The van der Waals surface area contributed by atoms with Gasteiger partial charge < -0.3 is 5.32 Å². The van der Waals surface area contributed by atoms with Gasteiger partial charge in [-0.1, -0.05) is 17.7 Å². The van der Waals surface area contributed by atoms with E-state index < -0.39 is 0 Å². The highest BCUT2D eigenvalue weighted by Gasteiger charge is 2.36. The van der Waals surface area contributed by atoms with Crippen LogP contribution in [0.4, 0.5) is 11.4 Å². The molecule has 0 spiro atoms. The van der Waals surface area contributed by atoms with Crippen LogP contribution in [0, 0.1) is 0 Å².